The predicted octanol–water partition coefficient (Wildman–Crippen LogP) is 3.84. The van der Waals surface area contributed by atoms with Crippen molar-refractivity contribution in [3.8, 4) is 0 Å². The van der Waals surface area contributed by atoms with Crippen molar-refractivity contribution in [2.24, 2.45) is 28.8 Å². The van der Waals surface area contributed by atoms with Crippen LogP contribution in [0.2, 0.25) is 0 Å². The third-order valence-corrected chi connectivity index (χ3v) is 7.54. The normalized spacial score (nSPS) is 25.3. The Kier molecular flexibility index (Phi) is 4.55. The highest BCUT2D eigenvalue weighted by Gasteiger charge is 2.59. The summed E-state index contributed by atoms with van der Waals surface area (Å²) in [6.45, 7) is 2.46. The number of carbonyl (C=O) groups is 3. The molecule has 2 heterocycles. The summed E-state index contributed by atoms with van der Waals surface area (Å²) in [5, 5.41) is 15.8. The molecule has 170 valence electrons. The molecule has 1 N–H and O–H groups in total. The van der Waals surface area contributed by atoms with Gasteiger partial charge >= 0.3 is 5.97 Å². The van der Waals surface area contributed by atoms with Crippen LogP contribution in [0.5, 0.6) is 0 Å². The van der Waals surface area contributed by atoms with E-state index in [1.165, 1.54) is 0 Å². The summed E-state index contributed by atoms with van der Waals surface area (Å²) in [5.74, 6) is -1.61. The molecule has 2 aliphatic carbocycles. The Morgan fingerprint density at radius 1 is 1.06 bits per heavy atom. The van der Waals surface area contributed by atoms with Crippen molar-refractivity contribution in [3.63, 3.8) is 0 Å². The van der Waals surface area contributed by atoms with Crippen LogP contribution in [-0.4, -0.2) is 38.7 Å². The minimum atomic E-state index is -0.961. The number of aromatic carboxylic acids is 1. The van der Waals surface area contributed by atoms with Crippen LogP contribution in [0, 0.1) is 30.6 Å². The molecule has 0 radical (unpaired) electrons. The maximum atomic E-state index is 13.0. The van der Waals surface area contributed by atoms with E-state index in [9.17, 15) is 19.5 Å². The number of amides is 2. The van der Waals surface area contributed by atoms with Crippen LogP contribution in [0.1, 0.15) is 33.6 Å². The van der Waals surface area contributed by atoms with Crippen LogP contribution < -0.4 is 0 Å². The lowest BCUT2D eigenvalue weighted by Crippen LogP contribution is -2.28. The van der Waals surface area contributed by atoms with Gasteiger partial charge < -0.3 is 9.67 Å². The Morgan fingerprint density at radius 3 is 2.47 bits per heavy atom. The first-order chi connectivity index (χ1) is 16.4. The summed E-state index contributed by atoms with van der Waals surface area (Å²) in [4.78, 5) is 37.4. The van der Waals surface area contributed by atoms with Crippen LogP contribution in [0.3, 0.4) is 0 Å². The molecule has 1 saturated heterocycles. The SMILES string of the molecule is Cc1c(C=NN2C(=O)C3C4C=CC(C4)C3C2=O)c2ccccc2n1Cc1cccc(C(=O)O)c1. The quantitative estimate of drug-likeness (QED) is 0.361. The zero-order chi connectivity index (χ0) is 23.6. The molecular formula is C27H23N3O4. The van der Waals surface area contributed by atoms with Gasteiger partial charge in [-0.1, -0.05) is 42.5 Å². The van der Waals surface area contributed by atoms with E-state index in [0.717, 1.165) is 39.2 Å². The maximum absolute atomic E-state index is 13.0. The predicted molar refractivity (Wildman–Crippen MR) is 126 cm³/mol. The minimum Gasteiger partial charge on any atom is -0.478 e. The average Bonchev–Trinajstić information content (AvgIpc) is 3.57. The molecule has 4 atom stereocenters. The zero-order valence-electron chi connectivity index (χ0n) is 18.6. The van der Waals surface area contributed by atoms with Gasteiger partial charge in [-0.05, 0) is 48.9 Å². The molecule has 2 amide bonds. The van der Waals surface area contributed by atoms with E-state index in [1.807, 2.05) is 37.3 Å². The summed E-state index contributed by atoms with van der Waals surface area (Å²) in [5.41, 5.74) is 3.84. The van der Waals surface area contributed by atoms with Gasteiger partial charge in [-0.2, -0.15) is 10.1 Å². The van der Waals surface area contributed by atoms with Crippen molar-refractivity contribution in [2.45, 2.75) is 19.9 Å². The van der Waals surface area contributed by atoms with Gasteiger partial charge in [0.2, 0.25) is 0 Å². The monoisotopic (exact) mass is 453 g/mol. The van der Waals surface area contributed by atoms with Crippen molar-refractivity contribution in [3.05, 3.63) is 83.1 Å². The van der Waals surface area contributed by atoms with E-state index in [-0.39, 0.29) is 41.0 Å². The van der Waals surface area contributed by atoms with Gasteiger partial charge in [-0.3, -0.25) is 9.59 Å². The molecule has 2 fully saturated rings. The van der Waals surface area contributed by atoms with E-state index in [1.54, 1.807) is 24.4 Å². The van der Waals surface area contributed by atoms with Crippen LogP contribution >= 0.6 is 0 Å². The van der Waals surface area contributed by atoms with Crippen LogP contribution in [0.15, 0.2) is 65.8 Å². The summed E-state index contributed by atoms with van der Waals surface area (Å²) in [6, 6.07) is 14.8. The molecular weight excluding hydrogens is 430 g/mol. The minimum absolute atomic E-state index is 0.150. The first-order valence-electron chi connectivity index (χ1n) is 11.4. The third kappa shape index (κ3) is 2.96. The Labute approximate surface area is 196 Å². The molecule has 1 aliphatic heterocycles. The smallest absolute Gasteiger partial charge is 0.335 e. The summed E-state index contributed by atoms with van der Waals surface area (Å²) in [7, 11) is 0. The highest BCUT2D eigenvalue weighted by atomic mass is 16.4. The number of hydrogen-bond donors (Lipinski definition) is 1. The number of carbonyl (C=O) groups excluding carboxylic acids is 2. The molecule has 3 aliphatic rings. The van der Waals surface area contributed by atoms with E-state index >= 15 is 0 Å². The number of rotatable bonds is 5. The fourth-order valence-electron chi connectivity index (χ4n) is 5.93. The summed E-state index contributed by atoms with van der Waals surface area (Å²) >= 11 is 0. The van der Waals surface area contributed by atoms with Crippen LogP contribution in [0.25, 0.3) is 10.9 Å². The van der Waals surface area contributed by atoms with Gasteiger partial charge in [0.25, 0.3) is 11.8 Å². The fraction of sp³-hybridized carbons (Fsp3) is 0.259. The van der Waals surface area contributed by atoms with E-state index in [2.05, 4.69) is 21.8 Å². The lowest BCUT2D eigenvalue weighted by molar-refractivity contribution is -0.140. The molecule has 34 heavy (non-hydrogen) atoms. The number of imide groups is 1. The molecule has 0 spiro atoms. The Bertz CT molecular complexity index is 1400. The zero-order valence-corrected chi connectivity index (χ0v) is 18.6. The molecule has 2 aromatic carbocycles. The molecule has 2 bridgehead atoms. The topological polar surface area (TPSA) is 92.0 Å². The number of carboxylic acid groups (broad SMARTS) is 1. The third-order valence-electron chi connectivity index (χ3n) is 7.54. The fourth-order valence-corrected chi connectivity index (χ4v) is 5.93. The number of hydrogen-bond acceptors (Lipinski definition) is 4. The second kappa shape index (κ2) is 7.52. The van der Waals surface area contributed by atoms with E-state index < -0.39 is 5.97 Å². The second-order valence-corrected chi connectivity index (χ2v) is 9.34. The Balaban J connectivity index is 1.35. The van der Waals surface area contributed by atoms with Gasteiger partial charge in [0.1, 0.15) is 0 Å². The molecule has 1 aromatic heterocycles. The van der Waals surface area contributed by atoms with Gasteiger partial charge in [-0.25, -0.2) is 4.79 Å². The Morgan fingerprint density at radius 2 is 1.76 bits per heavy atom. The van der Waals surface area contributed by atoms with Crippen molar-refractivity contribution in [2.75, 3.05) is 0 Å². The van der Waals surface area contributed by atoms with Crippen LogP contribution in [0.4, 0.5) is 0 Å². The standard InChI is InChI=1S/C27H23N3O4/c1-15-21(13-28-30-25(31)23-17-9-10-18(12-17)24(23)26(30)32)20-7-2-3-8-22(20)29(15)14-16-5-4-6-19(11-16)27(33)34/h2-11,13,17-18,23-24H,12,14H2,1H3,(H,33,34). The first kappa shape index (κ1) is 20.6. The summed E-state index contributed by atoms with van der Waals surface area (Å²) in [6.07, 6.45) is 6.65. The number of nitrogens with zero attached hydrogens (tertiary/aromatic N) is 3. The van der Waals surface area contributed by atoms with Gasteiger partial charge in [-0.15, -0.1) is 0 Å². The van der Waals surface area contributed by atoms with Gasteiger partial charge in [0, 0.05) is 28.7 Å². The molecule has 1 saturated carbocycles. The number of para-hydroxylation sites is 1. The number of aromatic nitrogens is 1. The highest BCUT2D eigenvalue weighted by molar-refractivity contribution is 6.08. The first-order valence-corrected chi connectivity index (χ1v) is 11.4. The lowest BCUT2D eigenvalue weighted by Gasteiger charge is -2.13. The van der Waals surface area contributed by atoms with Crippen molar-refractivity contribution >= 4 is 34.9 Å². The number of carboxylic acids is 1. The second-order valence-electron chi connectivity index (χ2n) is 9.34. The van der Waals surface area contributed by atoms with E-state index in [0.29, 0.717) is 6.54 Å². The number of benzene rings is 2. The number of hydrazone groups is 1. The van der Waals surface area contributed by atoms with Crippen LogP contribution in [-0.2, 0) is 16.1 Å². The Hall–Kier alpha value is -4.00. The van der Waals surface area contributed by atoms with Gasteiger partial charge in [0.15, 0.2) is 0 Å². The maximum Gasteiger partial charge on any atom is 0.335 e. The molecule has 7 nitrogen and oxygen atoms in total. The summed E-state index contributed by atoms with van der Waals surface area (Å²) < 4.78 is 2.10. The molecule has 4 unspecified atom stereocenters. The molecule has 6 rings (SSSR count). The molecule has 7 heteroatoms. The highest BCUT2D eigenvalue weighted by Crippen LogP contribution is 2.52. The van der Waals surface area contributed by atoms with E-state index in [4.69, 9.17) is 0 Å². The lowest BCUT2D eigenvalue weighted by atomic mass is 9.85. The average molecular weight is 453 g/mol. The van der Waals surface area contributed by atoms with Crippen molar-refractivity contribution in [1.82, 2.24) is 9.58 Å². The van der Waals surface area contributed by atoms with Crippen molar-refractivity contribution < 1.29 is 19.5 Å². The van der Waals surface area contributed by atoms with Crippen molar-refractivity contribution in [1.29, 1.82) is 0 Å². The van der Waals surface area contributed by atoms with Gasteiger partial charge in [0.05, 0.1) is 23.6 Å². The molecule has 3 aromatic rings. The number of allylic oxidation sites excluding steroid dienone is 2. The number of fused-ring (bicyclic) bond motifs is 6. The largest absolute Gasteiger partial charge is 0.478 e.